The second-order valence-corrected chi connectivity index (χ2v) is 5.75. The Hall–Kier alpha value is -1.95. The number of aryl methyl sites for hydroxylation is 1. The minimum absolute atomic E-state index is 0.265. The topological polar surface area (TPSA) is 64.4 Å². The second-order valence-electron chi connectivity index (χ2n) is 4.49. The summed E-state index contributed by atoms with van der Waals surface area (Å²) in [5.74, 6) is 4.86. The zero-order chi connectivity index (χ0) is 15.1. The summed E-state index contributed by atoms with van der Waals surface area (Å²) >= 11 is 1.42. The van der Waals surface area contributed by atoms with Crippen LogP contribution in [0.4, 0.5) is 0 Å². The number of hydrazine groups is 1. The monoisotopic (exact) mass is 302 g/mol. The van der Waals surface area contributed by atoms with Crippen molar-refractivity contribution < 1.29 is 9.53 Å². The maximum absolute atomic E-state index is 11.4. The second kappa shape index (κ2) is 7.73. The molecule has 1 amide bonds. The van der Waals surface area contributed by atoms with E-state index in [2.05, 4.69) is 5.43 Å². The van der Waals surface area contributed by atoms with Gasteiger partial charge in [-0.1, -0.05) is 42.5 Å². The summed E-state index contributed by atoms with van der Waals surface area (Å²) in [7, 11) is 0. The average molecular weight is 302 g/mol. The SMILES string of the molecule is Cc1sc(C(=O)NN)cc1COC/C=C/c1ccccc1. The molecule has 0 saturated heterocycles. The lowest BCUT2D eigenvalue weighted by atomic mass is 10.2. The fraction of sp³-hybridized carbons (Fsp3) is 0.188. The predicted molar refractivity (Wildman–Crippen MR) is 85.8 cm³/mol. The van der Waals surface area contributed by atoms with Crippen LogP contribution in [-0.2, 0) is 11.3 Å². The number of hydrogen-bond donors (Lipinski definition) is 2. The molecule has 110 valence electrons. The molecule has 0 aliphatic rings. The zero-order valence-corrected chi connectivity index (χ0v) is 12.7. The summed E-state index contributed by atoms with van der Waals surface area (Å²) in [6.45, 7) is 2.98. The largest absolute Gasteiger partial charge is 0.373 e. The average Bonchev–Trinajstić information content (AvgIpc) is 2.88. The molecule has 0 spiro atoms. The van der Waals surface area contributed by atoms with Crippen molar-refractivity contribution in [1.82, 2.24) is 5.43 Å². The van der Waals surface area contributed by atoms with Crippen molar-refractivity contribution in [3.63, 3.8) is 0 Å². The van der Waals surface area contributed by atoms with E-state index in [1.165, 1.54) is 11.3 Å². The number of nitrogen functional groups attached to an aromatic ring is 1. The van der Waals surface area contributed by atoms with Gasteiger partial charge in [0.05, 0.1) is 18.1 Å². The lowest BCUT2D eigenvalue weighted by Crippen LogP contribution is -2.29. The van der Waals surface area contributed by atoms with E-state index in [1.54, 1.807) is 0 Å². The highest BCUT2D eigenvalue weighted by Gasteiger charge is 2.10. The van der Waals surface area contributed by atoms with Crippen LogP contribution in [0.25, 0.3) is 6.08 Å². The number of nitrogens with one attached hydrogen (secondary N) is 1. The number of carbonyl (C=O) groups is 1. The van der Waals surface area contributed by atoms with E-state index in [4.69, 9.17) is 10.6 Å². The molecule has 0 unspecified atom stereocenters. The first-order valence-corrected chi connectivity index (χ1v) is 7.42. The van der Waals surface area contributed by atoms with Gasteiger partial charge in [0.1, 0.15) is 0 Å². The van der Waals surface area contributed by atoms with Crippen LogP contribution in [0.2, 0.25) is 0 Å². The number of amides is 1. The van der Waals surface area contributed by atoms with Crippen molar-refractivity contribution in [3.05, 3.63) is 63.4 Å². The van der Waals surface area contributed by atoms with Gasteiger partial charge in [-0.15, -0.1) is 11.3 Å². The predicted octanol–water partition coefficient (Wildman–Crippen LogP) is 2.89. The molecule has 0 aliphatic carbocycles. The first kappa shape index (κ1) is 15.4. The molecule has 0 atom stereocenters. The fourth-order valence-electron chi connectivity index (χ4n) is 1.83. The number of nitrogens with two attached hydrogens (primary N) is 1. The molecule has 1 heterocycles. The van der Waals surface area contributed by atoms with Gasteiger partial charge in [-0.25, -0.2) is 5.84 Å². The summed E-state index contributed by atoms with van der Waals surface area (Å²) in [5.41, 5.74) is 4.30. The highest BCUT2D eigenvalue weighted by Crippen LogP contribution is 2.22. The van der Waals surface area contributed by atoms with Crippen LogP contribution in [0.5, 0.6) is 0 Å². The third-order valence-electron chi connectivity index (χ3n) is 2.96. The number of carbonyl (C=O) groups excluding carboxylic acids is 1. The minimum Gasteiger partial charge on any atom is -0.373 e. The molecule has 0 saturated carbocycles. The highest BCUT2D eigenvalue weighted by molar-refractivity contribution is 7.14. The van der Waals surface area contributed by atoms with Gasteiger partial charge in [-0.2, -0.15) is 0 Å². The number of thiophene rings is 1. The summed E-state index contributed by atoms with van der Waals surface area (Å²) in [5, 5.41) is 0. The van der Waals surface area contributed by atoms with Gasteiger partial charge in [-0.05, 0) is 24.1 Å². The molecule has 0 bridgehead atoms. The van der Waals surface area contributed by atoms with Crippen molar-refractivity contribution in [2.45, 2.75) is 13.5 Å². The molecular formula is C16H18N2O2S. The number of hydrogen-bond acceptors (Lipinski definition) is 4. The Morgan fingerprint density at radius 1 is 1.38 bits per heavy atom. The van der Waals surface area contributed by atoms with Crippen LogP contribution in [0.15, 0.2) is 42.5 Å². The molecule has 0 radical (unpaired) electrons. The molecule has 0 fully saturated rings. The van der Waals surface area contributed by atoms with Crippen LogP contribution in [0.1, 0.15) is 25.7 Å². The Kier molecular flexibility index (Phi) is 5.68. The first-order chi connectivity index (χ1) is 10.2. The number of benzene rings is 1. The van der Waals surface area contributed by atoms with Crippen molar-refractivity contribution in [3.8, 4) is 0 Å². The fourth-order valence-corrected chi connectivity index (χ4v) is 2.76. The van der Waals surface area contributed by atoms with E-state index in [9.17, 15) is 4.79 Å². The normalized spacial score (nSPS) is 11.0. The van der Waals surface area contributed by atoms with Gasteiger partial charge in [0.15, 0.2) is 0 Å². The van der Waals surface area contributed by atoms with E-state index in [-0.39, 0.29) is 5.91 Å². The van der Waals surface area contributed by atoms with Crippen LogP contribution < -0.4 is 11.3 Å². The van der Waals surface area contributed by atoms with Gasteiger partial charge in [0, 0.05) is 4.88 Å². The maximum Gasteiger partial charge on any atom is 0.275 e. The smallest absolute Gasteiger partial charge is 0.275 e. The van der Waals surface area contributed by atoms with E-state index < -0.39 is 0 Å². The zero-order valence-electron chi connectivity index (χ0n) is 11.8. The van der Waals surface area contributed by atoms with E-state index in [0.29, 0.717) is 18.1 Å². The standard InChI is InChI=1S/C16H18N2O2S/c1-12-14(10-15(21-12)16(19)18-17)11-20-9-5-8-13-6-3-2-4-7-13/h2-8,10H,9,11,17H2,1H3,(H,18,19)/b8-5+. The summed E-state index contributed by atoms with van der Waals surface area (Å²) in [6, 6.07) is 11.9. The third kappa shape index (κ3) is 4.53. The third-order valence-corrected chi connectivity index (χ3v) is 4.05. The van der Waals surface area contributed by atoms with Gasteiger partial charge in [0.25, 0.3) is 5.91 Å². The molecule has 1 aromatic heterocycles. The molecule has 5 heteroatoms. The molecule has 21 heavy (non-hydrogen) atoms. The Balaban J connectivity index is 1.82. The Morgan fingerprint density at radius 2 is 2.14 bits per heavy atom. The lowest BCUT2D eigenvalue weighted by Gasteiger charge is -2.00. The molecular weight excluding hydrogens is 284 g/mol. The highest BCUT2D eigenvalue weighted by atomic mass is 32.1. The summed E-state index contributed by atoms with van der Waals surface area (Å²) in [6.07, 6.45) is 4.00. The Bertz CT molecular complexity index is 620. The molecule has 2 rings (SSSR count). The van der Waals surface area contributed by atoms with E-state index >= 15 is 0 Å². The van der Waals surface area contributed by atoms with Gasteiger partial charge in [-0.3, -0.25) is 10.2 Å². The first-order valence-electron chi connectivity index (χ1n) is 6.60. The maximum atomic E-state index is 11.4. The lowest BCUT2D eigenvalue weighted by molar-refractivity contribution is 0.0957. The van der Waals surface area contributed by atoms with Crippen LogP contribution >= 0.6 is 11.3 Å². The molecule has 3 N–H and O–H groups in total. The van der Waals surface area contributed by atoms with Crippen molar-refractivity contribution in [2.24, 2.45) is 5.84 Å². The number of ether oxygens (including phenoxy) is 1. The molecule has 4 nitrogen and oxygen atoms in total. The van der Waals surface area contributed by atoms with Gasteiger partial charge >= 0.3 is 0 Å². The minimum atomic E-state index is -0.265. The molecule has 0 aliphatic heterocycles. The van der Waals surface area contributed by atoms with Crippen LogP contribution in [0.3, 0.4) is 0 Å². The Labute approximate surface area is 128 Å². The van der Waals surface area contributed by atoms with Crippen LogP contribution in [-0.4, -0.2) is 12.5 Å². The Morgan fingerprint density at radius 3 is 2.86 bits per heavy atom. The quantitative estimate of drug-likeness (QED) is 0.373. The molecule has 1 aromatic carbocycles. The molecule has 2 aromatic rings. The van der Waals surface area contributed by atoms with E-state index in [0.717, 1.165) is 16.0 Å². The van der Waals surface area contributed by atoms with E-state index in [1.807, 2.05) is 55.5 Å². The van der Waals surface area contributed by atoms with Crippen molar-refractivity contribution in [2.75, 3.05) is 6.61 Å². The van der Waals surface area contributed by atoms with Gasteiger partial charge in [0.2, 0.25) is 0 Å². The van der Waals surface area contributed by atoms with Crippen molar-refractivity contribution >= 4 is 23.3 Å². The summed E-state index contributed by atoms with van der Waals surface area (Å²) in [4.78, 5) is 13.1. The van der Waals surface area contributed by atoms with Crippen LogP contribution in [0, 0.1) is 6.92 Å². The van der Waals surface area contributed by atoms with Gasteiger partial charge < -0.3 is 4.74 Å². The summed E-state index contributed by atoms with van der Waals surface area (Å²) < 4.78 is 5.61. The number of rotatable bonds is 6. The van der Waals surface area contributed by atoms with Crippen molar-refractivity contribution in [1.29, 1.82) is 0 Å².